The van der Waals surface area contributed by atoms with Crippen molar-refractivity contribution in [3.05, 3.63) is 52.2 Å². The van der Waals surface area contributed by atoms with Gasteiger partial charge in [0.1, 0.15) is 5.56 Å². The van der Waals surface area contributed by atoms with Gasteiger partial charge in [-0.2, -0.15) is 5.10 Å². The summed E-state index contributed by atoms with van der Waals surface area (Å²) >= 11 is 0. The first-order valence-corrected chi connectivity index (χ1v) is 8.40. The molecule has 134 valence electrons. The predicted molar refractivity (Wildman–Crippen MR) is 92.3 cm³/mol. The maximum absolute atomic E-state index is 12.3. The molecule has 0 bridgehead atoms. The van der Waals surface area contributed by atoms with Crippen molar-refractivity contribution in [1.29, 1.82) is 0 Å². The van der Waals surface area contributed by atoms with Gasteiger partial charge in [0.15, 0.2) is 0 Å². The minimum atomic E-state index is -0.399. The Bertz CT molecular complexity index is 784. The highest BCUT2D eigenvalue weighted by Gasteiger charge is 2.34. The van der Waals surface area contributed by atoms with Crippen LogP contribution in [0.15, 0.2) is 35.5 Å². The molecule has 0 saturated carbocycles. The van der Waals surface area contributed by atoms with Crippen molar-refractivity contribution in [1.82, 2.24) is 25.0 Å². The predicted octanol–water partition coefficient (Wildman–Crippen LogP) is 0.300. The van der Waals surface area contributed by atoms with Crippen LogP contribution in [0.25, 0.3) is 0 Å². The Balaban J connectivity index is 1.74. The molecule has 2 aromatic heterocycles. The van der Waals surface area contributed by atoms with Gasteiger partial charge in [-0.15, -0.1) is 0 Å². The second-order valence-electron chi connectivity index (χ2n) is 6.05. The Kier molecular flexibility index (Phi) is 5.30. The van der Waals surface area contributed by atoms with Crippen LogP contribution in [0, 0.1) is 0 Å². The van der Waals surface area contributed by atoms with Gasteiger partial charge in [-0.25, -0.2) is 0 Å². The molecular formula is C17H23N5O3. The second kappa shape index (κ2) is 7.62. The van der Waals surface area contributed by atoms with Gasteiger partial charge >= 0.3 is 0 Å². The summed E-state index contributed by atoms with van der Waals surface area (Å²) in [4.78, 5) is 28.8. The second-order valence-corrected chi connectivity index (χ2v) is 6.05. The molecule has 0 unspecified atom stereocenters. The third-order valence-corrected chi connectivity index (χ3v) is 4.46. The molecule has 25 heavy (non-hydrogen) atoms. The first-order valence-electron chi connectivity index (χ1n) is 8.40. The number of hydrogen-bond acceptors (Lipinski definition) is 5. The van der Waals surface area contributed by atoms with Gasteiger partial charge in [0, 0.05) is 38.1 Å². The van der Waals surface area contributed by atoms with Crippen LogP contribution in [0.3, 0.4) is 0 Å². The molecule has 0 aliphatic carbocycles. The zero-order chi connectivity index (χ0) is 17.8. The van der Waals surface area contributed by atoms with E-state index in [1.165, 1.54) is 12.3 Å². The number of nitrogens with zero attached hydrogens (tertiary/aromatic N) is 3. The van der Waals surface area contributed by atoms with Crippen LogP contribution in [-0.4, -0.2) is 57.9 Å². The molecule has 8 nitrogen and oxygen atoms in total. The van der Waals surface area contributed by atoms with Gasteiger partial charge in [0.05, 0.1) is 24.9 Å². The summed E-state index contributed by atoms with van der Waals surface area (Å²) in [5, 5.41) is 7.07. The Morgan fingerprint density at radius 1 is 1.52 bits per heavy atom. The number of rotatable bonds is 5. The van der Waals surface area contributed by atoms with Gasteiger partial charge in [-0.3, -0.25) is 19.2 Å². The van der Waals surface area contributed by atoms with Gasteiger partial charge < -0.3 is 15.0 Å². The summed E-state index contributed by atoms with van der Waals surface area (Å²) in [6.45, 7) is 4.75. The highest BCUT2D eigenvalue weighted by molar-refractivity contribution is 5.93. The fourth-order valence-corrected chi connectivity index (χ4v) is 3.22. The lowest BCUT2D eigenvalue weighted by molar-refractivity contribution is -0.0685. The smallest absolute Gasteiger partial charge is 0.260 e. The summed E-state index contributed by atoms with van der Waals surface area (Å²) in [6.07, 6.45) is 5.10. The van der Waals surface area contributed by atoms with Crippen LogP contribution in [0.4, 0.5) is 0 Å². The number of pyridine rings is 1. The number of morpholine rings is 1. The average molecular weight is 345 g/mol. The van der Waals surface area contributed by atoms with Crippen molar-refractivity contribution in [2.45, 2.75) is 19.1 Å². The number of aromatic amines is 1. The van der Waals surface area contributed by atoms with E-state index in [1.54, 1.807) is 10.7 Å². The van der Waals surface area contributed by atoms with E-state index in [9.17, 15) is 9.59 Å². The normalized spacial score (nSPS) is 21.2. The largest absolute Gasteiger partial charge is 0.373 e. The molecule has 3 heterocycles. The van der Waals surface area contributed by atoms with E-state index >= 15 is 0 Å². The summed E-state index contributed by atoms with van der Waals surface area (Å²) in [5.74, 6) is -0.399. The van der Waals surface area contributed by atoms with E-state index in [0.29, 0.717) is 13.2 Å². The fraction of sp³-hybridized carbons (Fsp3) is 0.471. The first kappa shape index (κ1) is 17.4. The van der Waals surface area contributed by atoms with Crippen molar-refractivity contribution >= 4 is 5.91 Å². The highest BCUT2D eigenvalue weighted by Crippen LogP contribution is 2.28. The maximum Gasteiger partial charge on any atom is 0.260 e. The molecular weight excluding hydrogens is 322 g/mol. The lowest BCUT2D eigenvalue weighted by Gasteiger charge is -2.40. The van der Waals surface area contributed by atoms with Crippen LogP contribution in [0.1, 0.15) is 28.9 Å². The van der Waals surface area contributed by atoms with Crippen LogP contribution in [0.5, 0.6) is 0 Å². The number of carbonyl (C=O) groups excluding carboxylic acids is 1. The van der Waals surface area contributed by atoms with Crippen molar-refractivity contribution in [2.24, 2.45) is 7.05 Å². The van der Waals surface area contributed by atoms with Gasteiger partial charge in [-0.05, 0) is 18.7 Å². The number of H-pyrrole nitrogens is 1. The van der Waals surface area contributed by atoms with Crippen LogP contribution < -0.4 is 10.9 Å². The quantitative estimate of drug-likeness (QED) is 0.813. The molecule has 3 rings (SSSR count). The number of nitrogens with one attached hydrogen (secondary N) is 2. The molecule has 0 aromatic carbocycles. The molecule has 0 spiro atoms. The molecule has 1 aliphatic rings. The van der Waals surface area contributed by atoms with Gasteiger partial charge in [0.25, 0.3) is 11.5 Å². The van der Waals surface area contributed by atoms with Crippen LogP contribution in [0.2, 0.25) is 0 Å². The highest BCUT2D eigenvalue weighted by atomic mass is 16.5. The van der Waals surface area contributed by atoms with Crippen molar-refractivity contribution in [3.63, 3.8) is 0 Å². The number of carbonyl (C=O) groups is 1. The summed E-state index contributed by atoms with van der Waals surface area (Å²) in [5.41, 5.74) is 0.757. The maximum atomic E-state index is 12.3. The fourth-order valence-electron chi connectivity index (χ4n) is 3.22. The lowest BCUT2D eigenvalue weighted by atomic mass is 10.0. The van der Waals surface area contributed by atoms with E-state index in [4.69, 9.17) is 4.74 Å². The van der Waals surface area contributed by atoms with Gasteiger partial charge in [0.2, 0.25) is 0 Å². The van der Waals surface area contributed by atoms with Crippen molar-refractivity contribution in [3.8, 4) is 0 Å². The third-order valence-electron chi connectivity index (χ3n) is 4.46. The Labute approximate surface area is 145 Å². The molecule has 8 heteroatoms. The Morgan fingerprint density at radius 3 is 3.04 bits per heavy atom. The Hall–Kier alpha value is -2.45. The zero-order valence-electron chi connectivity index (χ0n) is 14.4. The third kappa shape index (κ3) is 3.80. The number of aromatic nitrogens is 3. The zero-order valence-corrected chi connectivity index (χ0v) is 14.4. The van der Waals surface area contributed by atoms with E-state index in [0.717, 1.165) is 18.7 Å². The van der Waals surface area contributed by atoms with E-state index < -0.39 is 11.5 Å². The number of ether oxygens (including phenoxy) is 1. The number of aryl methyl sites for hydroxylation is 1. The molecule has 1 amide bonds. The molecule has 0 radical (unpaired) electrons. The topological polar surface area (TPSA) is 92.2 Å². The first-order chi connectivity index (χ1) is 12.1. The van der Waals surface area contributed by atoms with E-state index in [-0.39, 0.29) is 17.7 Å². The molecule has 1 fully saturated rings. The van der Waals surface area contributed by atoms with Crippen molar-refractivity contribution < 1.29 is 9.53 Å². The van der Waals surface area contributed by atoms with Crippen LogP contribution >= 0.6 is 0 Å². The minimum Gasteiger partial charge on any atom is -0.373 e. The molecule has 2 N–H and O–H groups in total. The minimum absolute atomic E-state index is 0.0156. The number of amides is 1. The summed E-state index contributed by atoms with van der Waals surface area (Å²) in [7, 11) is 1.88. The number of hydrogen-bond donors (Lipinski definition) is 2. The monoisotopic (exact) mass is 345 g/mol. The SMILES string of the molecule is CCN1CCO[C@@H](CNC(=O)c2ccc[nH]c2=O)[C@@H]1c1cnn(C)c1. The summed E-state index contributed by atoms with van der Waals surface area (Å²) in [6, 6.07) is 3.15. The van der Waals surface area contributed by atoms with E-state index in [1.807, 2.05) is 19.4 Å². The molecule has 2 aromatic rings. The van der Waals surface area contributed by atoms with Gasteiger partial charge in [-0.1, -0.05) is 6.92 Å². The van der Waals surface area contributed by atoms with Crippen molar-refractivity contribution in [2.75, 3.05) is 26.2 Å². The standard InChI is InChI=1S/C17H23N5O3/c1-3-22-7-8-25-14(15(22)12-9-20-21(2)11-12)10-19-17(24)13-5-4-6-18-16(13)23/h4-6,9,11,14-15H,3,7-8,10H2,1-2H3,(H,18,23)(H,19,24)/t14-,15-/m0/s1. The lowest BCUT2D eigenvalue weighted by Crippen LogP contribution is -2.49. The Morgan fingerprint density at radius 2 is 2.36 bits per heavy atom. The molecule has 1 saturated heterocycles. The molecule has 1 aliphatic heterocycles. The molecule has 2 atom stereocenters. The average Bonchev–Trinajstić information content (AvgIpc) is 3.05. The summed E-state index contributed by atoms with van der Waals surface area (Å²) < 4.78 is 7.68. The van der Waals surface area contributed by atoms with Crippen LogP contribution in [-0.2, 0) is 11.8 Å². The number of likely N-dealkylation sites (N-methyl/N-ethyl adjacent to an activating group) is 1. The van der Waals surface area contributed by atoms with E-state index in [2.05, 4.69) is 27.2 Å².